The second-order valence-corrected chi connectivity index (χ2v) is 102. The highest BCUT2D eigenvalue weighted by atomic mass is 29.3. The summed E-state index contributed by atoms with van der Waals surface area (Å²) in [6, 6.07) is 24.1. The molecule has 0 radical (unpaired) electrons. The predicted octanol–water partition coefficient (Wildman–Crippen LogP) is 16.4. The van der Waals surface area contributed by atoms with Gasteiger partial charge in [0, 0.05) is 75.3 Å². The van der Waals surface area contributed by atoms with Crippen molar-refractivity contribution in [2.75, 3.05) is 0 Å². The van der Waals surface area contributed by atoms with E-state index in [9.17, 15) is 0 Å². The van der Waals surface area contributed by atoms with Gasteiger partial charge < -0.3 is 0 Å². The van der Waals surface area contributed by atoms with Crippen molar-refractivity contribution in [1.29, 1.82) is 0 Å². The summed E-state index contributed by atoms with van der Waals surface area (Å²) in [5, 5.41) is 3.19. The lowest BCUT2D eigenvalue weighted by Crippen LogP contribution is -2.90. The van der Waals surface area contributed by atoms with Crippen LogP contribution in [0.1, 0.15) is 38.8 Å². The Hall–Kier alpha value is 0.0526. The van der Waals surface area contributed by atoms with E-state index in [1.807, 2.05) is 0 Å². The summed E-state index contributed by atoms with van der Waals surface area (Å²) in [4.78, 5) is 3.05. The first kappa shape index (κ1) is 56.6. The molecule has 360 valence electrons. The Morgan fingerprint density at radius 2 is 0.578 bits per heavy atom. The molecule has 5 rings (SSSR count). The molecule has 3 heterocycles. The van der Waals surface area contributed by atoms with Crippen molar-refractivity contribution >= 4 is 112 Å². The Bertz CT molecular complexity index is 1860. The van der Waals surface area contributed by atoms with Crippen molar-refractivity contribution in [3.8, 4) is 0 Å². The molecule has 2 aromatic carbocycles. The predicted molar refractivity (Wildman–Crippen MR) is 329 cm³/mol. The fourth-order valence-corrected chi connectivity index (χ4v) is 202. The Morgan fingerprint density at radius 3 is 0.797 bits per heavy atom. The first-order valence-corrected chi connectivity index (χ1v) is 64.3. The lowest BCUT2D eigenvalue weighted by molar-refractivity contribution is 0.978. The summed E-state index contributed by atoms with van der Waals surface area (Å²) in [7, 11) is -26.5. The lowest BCUT2D eigenvalue weighted by Gasteiger charge is -2.70. The molecule has 3 aliphatic heterocycles. The molecule has 2 bridgehead atoms. The van der Waals surface area contributed by atoms with Crippen molar-refractivity contribution in [3.63, 3.8) is 0 Å². The first-order valence-electron chi connectivity index (χ1n) is 25.3. The van der Waals surface area contributed by atoms with Gasteiger partial charge >= 0.3 is 8.08 Å². The number of rotatable bonds is 18. The van der Waals surface area contributed by atoms with Crippen LogP contribution in [-0.2, 0) is 0 Å². The van der Waals surface area contributed by atoms with Gasteiger partial charge in [0.25, 0.3) is 0 Å². The van der Waals surface area contributed by atoms with E-state index >= 15 is 0 Å². The molecule has 3 aliphatic rings. The zero-order valence-corrected chi connectivity index (χ0v) is 59.2. The van der Waals surface area contributed by atoms with Gasteiger partial charge in [-0.1, -0.05) is 270 Å². The maximum Gasteiger partial charge on any atom is 0.408 e. The van der Waals surface area contributed by atoms with Crippen LogP contribution in [0.25, 0.3) is 0 Å². The van der Waals surface area contributed by atoms with Crippen molar-refractivity contribution in [2.24, 2.45) is 14.0 Å². The van der Waals surface area contributed by atoms with Gasteiger partial charge in [-0.2, -0.15) is 0 Å². The van der Waals surface area contributed by atoms with Crippen LogP contribution < -0.4 is 0 Å². The SMILES string of the molecule is CC(C)[Si](C([Si](C)(C)C)[Si](C)(C)C)(C([Si](C)(C)C)[Si](C)(C)C)[Si]12N=C[Si]([Si](C(C)C)(C([Si](C)(C)C)[Si](C)(C)C)C([Si](C)(C)C)[Si](C)(C)C)(C(c3ccccc3)=N1)C(c1ccccc1)=N2. The summed E-state index contributed by atoms with van der Waals surface area (Å²) in [6.45, 7) is 78.1. The smallest absolute Gasteiger partial charge is 0.295 e. The van der Waals surface area contributed by atoms with E-state index in [-0.39, 0.29) is 0 Å². The Morgan fingerprint density at radius 1 is 0.344 bits per heavy atom. The monoisotopic (exact) mass is 1070 g/mol. The zero-order valence-electron chi connectivity index (χ0n) is 47.2. The number of benzene rings is 2. The maximum atomic E-state index is 7.11. The first-order chi connectivity index (χ1) is 28.5. The summed E-state index contributed by atoms with van der Waals surface area (Å²) in [5.41, 5.74) is 4.00. The van der Waals surface area contributed by atoms with Gasteiger partial charge in [-0.3, -0.25) is 14.0 Å². The van der Waals surface area contributed by atoms with E-state index in [1.165, 1.54) is 11.1 Å². The molecule has 3 nitrogen and oxygen atoms in total. The highest BCUT2D eigenvalue weighted by Gasteiger charge is 2.81. The van der Waals surface area contributed by atoms with Crippen molar-refractivity contribution in [1.82, 2.24) is 0 Å². The lowest BCUT2D eigenvalue weighted by atomic mass is 10.2. The molecule has 0 fully saturated rings. The molecule has 2 aromatic rings. The van der Waals surface area contributed by atoms with Crippen LogP contribution in [0.5, 0.6) is 0 Å². The zero-order chi connectivity index (χ0) is 49.7. The van der Waals surface area contributed by atoms with Gasteiger partial charge in [0.2, 0.25) is 0 Å². The summed E-state index contributed by atoms with van der Waals surface area (Å²) < 4.78 is 21.1. The Balaban J connectivity index is 2.66. The number of hydrogen-bond acceptors (Lipinski definition) is 3. The molecule has 0 amide bonds. The third kappa shape index (κ3) is 9.62. The quantitative estimate of drug-likeness (QED) is 0.133. The molecule has 64 heavy (non-hydrogen) atoms. The molecule has 0 aliphatic carbocycles. The van der Waals surface area contributed by atoms with Crippen LogP contribution >= 0.6 is 0 Å². The average molecular weight is 1070 g/mol. The second-order valence-electron chi connectivity index (χ2n) is 30.2. The Labute approximate surface area is 409 Å². The van der Waals surface area contributed by atoms with E-state index < -0.39 is 95.4 Å². The number of hydrogen-bond donors (Lipinski definition) is 0. The van der Waals surface area contributed by atoms with Crippen LogP contribution in [0.3, 0.4) is 0 Å². The standard InChI is InChI=1S/C49H101N3Si12/c1-40(2)62(46(53(5,6)7)54(8,9)10,47(55(11,12)13)56(14,15)16)61-39-50-64(51-44(61)42-35-31-29-32-36-42,52-45(61)43-37-33-30-34-38-43)63(41(3)4,48(57(17,18)19)58(20,21)22)49(59(23,24)25)60(26,27)28/h29-41,46-49H,1-28H3. The molecule has 0 unspecified atom stereocenters. The van der Waals surface area contributed by atoms with Crippen LogP contribution in [-0.4, -0.2) is 112 Å². The molecule has 0 atom stereocenters. The highest BCUT2D eigenvalue weighted by molar-refractivity contribution is 7.79. The summed E-state index contributed by atoms with van der Waals surface area (Å²) in [5.74, 6) is 3.00. The minimum atomic E-state index is -3.28. The van der Waals surface area contributed by atoms with Crippen LogP contribution in [0.4, 0.5) is 0 Å². The topological polar surface area (TPSA) is 37.1 Å². The Kier molecular flexibility index (Phi) is 16.0. The minimum absolute atomic E-state index is 0.539. The summed E-state index contributed by atoms with van der Waals surface area (Å²) in [6.07, 6.45) is 0. The van der Waals surface area contributed by atoms with E-state index in [0.717, 1.165) is 19.2 Å². The van der Waals surface area contributed by atoms with Gasteiger partial charge in [-0.05, 0) is 22.5 Å². The molecular formula is C49H101N3Si12. The van der Waals surface area contributed by atoms with Crippen LogP contribution in [0.15, 0.2) is 74.6 Å². The molecule has 0 saturated carbocycles. The van der Waals surface area contributed by atoms with Crippen molar-refractivity contribution in [3.05, 3.63) is 71.8 Å². The third-order valence-electron chi connectivity index (χ3n) is 15.8. The fraction of sp³-hybridized carbons (Fsp3) is 0.694. The van der Waals surface area contributed by atoms with Crippen LogP contribution in [0, 0.1) is 0 Å². The number of nitrogens with zero attached hydrogens (tertiary/aromatic N) is 3. The van der Waals surface area contributed by atoms with E-state index in [0.29, 0.717) is 11.1 Å². The van der Waals surface area contributed by atoms with Crippen molar-refractivity contribution < 1.29 is 0 Å². The average Bonchev–Trinajstić information content (AvgIpc) is 3.06. The molecule has 0 aromatic heterocycles. The molecule has 0 saturated heterocycles. The van der Waals surface area contributed by atoms with Crippen LogP contribution in [0.2, 0.25) is 187 Å². The highest BCUT2D eigenvalue weighted by Crippen LogP contribution is 2.65. The minimum Gasteiger partial charge on any atom is -0.295 e. The van der Waals surface area contributed by atoms with Gasteiger partial charge in [-0.15, -0.1) is 0 Å². The van der Waals surface area contributed by atoms with Gasteiger partial charge in [0.05, 0.1) is 7.59 Å². The third-order valence-corrected chi connectivity index (χ3v) is 122. The van der Waals surface area contributed by atoms with Crippen molar-refractivity contribution in [2.45, 2.75) is 215 Å². The fourth-order valence-electron chi connectivity index (χ4n) is 17.9. The largest absolute Gasteiger partial charge is 0.408 e. The van der Waals surface area contributed by atoms with E-state index in [2.05, 4.69) is 251 Å². The molecule has 0 spiro atoms. The molecular weight excluding hydrogens is 968 g/mol. The summed E-state index contributed by atoms with van der Waals surface area (Å²) >= 11 is 0. The van der Waals surface area contributed by atoms with E-state index in [4.69, 9.17) is 14.0 Å². The maximum absolute atomic E-state index is 7.11. The van der Waals surface area contributed by atoms with Gasteiger partial charge in [0.15, 0.2) is 7.59 Å². The van der Waals surface area contributed by atoms with Gasteiger partial charge in [-0.25, -0.2) is 0 Å². The van der Waals surface area contributed by atoms with Gasteiger partial charge in [0.1, 0.15) is 7.59 Å². The van der Waals surface area contributed by atoms with E-state index in [1.54, 1.807) is 10.7 Å². The molecule has 0 N–H and O–H groups in total. The molecule has 15 heteroatoms. The second kappa shape index (κ2) is 18.0. The normalized spacial score (nSPS) is 21.3.